The zero-order valence-corrected chi connectivity index (χ0v) is 13.8. The fourth-order valence-corrected chi connectivity index (χ4v) is 2.86. The Balaban J connectivity index is 1.98. The highest BCUT2D eigenvalue weighted by molar-refractivity contribution is 6.09. The van der Waals surface area contributed by atoms with Gasteiger partial charge in [0.1, 0.15) is 5.52 Å². The van der Waals surface area contributed by atoms with E-state index in [1.54, 1.807) is 6.07 Å². The molecule has 0 aliphatic rings. The smallest absolute Gasteiger partial charge is 0.335 e. The number of aromatic nitrogens is 3. The Morgan fingerprint density at radius 3 is 2.69 bits per heavy atom. The minimum absolute atomic E-state index is 0.144. The summed E-state index contributed by atoms with van der Waals surface area (Å²) < 4.78 is 0. The number of hydrogen-bond acceptors (Lipinski definition) is 6. The van der Waals surface area contributed by atoms with Gasteiger partial charge in [-0.15, -0.1) is 0 Å². The zero-order valence-electron chi connectivity index (χ0n) is 13.8. The van der Waals surface area contributed by atoms with E-state index in [4.69, 9.17) is 0 Å². The molecule has 4 aromatic rings. The fourth-order valence-electron chi connectivity index (χ4n) is 2.86. The van der Waals surface area contributed by atoms with Crippen molar-refractivity contribution in [3.8, 4) is 6.01 Å². The Hall–Kier alpha value is -3.74. The van der Waals surface area contributed by atoms with E-state index >= 15 is 0 Å². The van der Waals surface area contributed by atoms with Crippen LogP contribution in [0.4, 0.5) is 11.5 Å². The van der Waals surface area contributed by atoms with Gasteiger partial charge in [-0.25, -0.2) is 14.8 Å². The summed E-state index contributed by atoms with van der Waals surface area (Å²) in [6.07, 6.45) is 1.50. The van der Waals surface area contributed by atoms with Gasteiger partial charge in [-0.1, -0.05) is 18.2 Å². The lowest BCUT2D eigenvalue weighted by atomic mass is 10.1. The molecule has 0 spiro atoms. The molecule has 0 bridgehead atoms. The first-order valence-corrected chi connectivity index (χ1v) is 7.88. The first-order valence-electron chi connectivity index (χ1n) is 7.88. The molecular weight excluding hydrogens is 332 g/mol. The summed E-state index contributed by atoms with van der Waals surface area (Å²) >= 11 is 0. The Labute approximate surface area is 148 Å². The number of hydrogen-bond donors (Lipinski definition) is 3. The maximum absolute atomic E-state index is 11.3. The normalized spacial score (nSPS) is 11.0. The predicted molar refractivity (Wildman–Crippen MR) is 97.9 cm³/mol. The van der Waals surface area contributed by atoms with E-state index < -0.39 is 5.97 Å². The van der Waals surface area contributed by atoms with Gasteiger partial charge >= 0.3 is 12.0 Å². The highest BCUT2D eigenvalue weighted by Crippen LogP contribution is 2.31. The summed E-state index contributed by atoms with van der Waals surface area (Å²) in [4.78, 5) is 23.8. The highest BCUT2D eigenvalue weighted by atomic mass is 16.4. The molecule has 0 radical (unpaired) electrons. The molecule has 26 heavy (non-hydrogen) atoms. The molecule has 0 saturated heterocycles. The fraction of sp³-hybridized carbons (Fsp3) is 0.0526. The number of carbonyl (C=O) groups is 1. The van der Waals surface area contributed by atoms with E-state index in [0.29, 0.717) is 27.6 Å². The SMILES string of the molecule is Cc1cccc(Nc2nc3cc(C(=O)O)ccc3c3cnc(O)nc23)c1. The molecule has 2 aromatic carbocycles. The maximum atomic E-state index is 11.3. The van der Waals surface area contributed by atoms with Crippen molar-refractivity contribution in [2.24, 2.45) is 0 Å². The molecule has 0 aliphatic heterocycles. The average molecular weight is 346 g/mol. The zero-order chi connectivity index (χ0) is 18.3. The predicted octanol–water partition coefficient (Wildman–Crippen LogP) is 3.63. The third-order valence-corrected chi connectivity index (χ3v) is 4.05. The number of pyridine rings is 1. The van der Waals surface area contributed by atoms with Crippen LogP contribution in [0.15, 0.2) is 48.7 Å². The summed E-state index contributed by atoms with van der Waals surface area (Å²) in [5.41, 5.74) is 2.98. The molecule has 0 atom stereocenters. The van der Waals surface area contributed by atoms with Crippen molar-refractivity contribution in [3.63, 3.8) is 0 Å². The van der Waals surface area contributed by atoms with Gasteiger partial charge in [0, 0.05) is 22.7 Å². The van der Waals surface area contributed by atoms with E-state index in [1.807, 2.05) is 31.2 Å². The molecule has 0 amide bonds. The molecule has 7 heteroatoms. The second-order valence-corrected chi connectivity index (χ2v) is 5.92. The molecule has 0 aliphatic carbocycles. The van der Waals surface area contributed by atoms with Gasteiger partial charge in [-0.2, -0.15) is 4.98 Å². The number of nitrogens with one attached hydrogen (secondary N) is 1. The molecule has 0 unspecified atom stereocenters. The van der Waals surface area contributed by atoms with Crippen molar-refractivity contribution in [2.45, 2.75) is 6.92 Å². The number of aromatic carboxylic acids is 1. The first kappa shape index (κ1) is 15.8. The van der Waals surface area contributed by atoms with E-state index in [0.717, 1.165) is 11.3 Å². The summed E-state index contributed by atoms with van der Waals surface area (Å²) in [6, 6.07) is 12.1. The molecule has 7 nitrogen and oxygen atoms in total. The van der Waals surface area contributed by atoms with Crippen LogP contribution in [-0.2, 0) is 0 Å². The minimum atomic E-state index is -1.02. The second-order valence-electron chi connectivity index (χ2n) is 5.92. The number of carboxylic acid groups (broad SMARTS) is 1. The van der Waals surface area contributed by atoms with Crippen LogP contribution in [-0.4, -0.2) is 31.1 Å². The average Bonchev–Trinajstić information content (AvgIpc) is 2.61. The highest BCUT2D eigenvalue weighted by Gasteiger charge is 2.14. The summed E-state index contributed by atoms with van der Waals surface area (Å²) in [5.74, 6) is -0.609. The van der Waals surface area contributed by atoms with E-state index in [1.165, 1.54) is 18.3 Å². The largest absolute Gasteiger partial charge is 0.479 e. The van der Waals surface area contributed by atoms with Gasteiger partial charge in [-0.3, -0.25) is 0 Å². The molecular formula is C19H14N4O3. The summed E-state index contributed by atoms with van der Waals surface area (Å²) in [6.45, 7) is 1.98. The lowest BCUT2D eigenvalue weighted by Gasteiger charge is -2.11. The molecule has 4 rings (SSSR count). The van der Waals surface area contributed by atoms with E-state index in [9.17, 15) is 15.0 Å². The Bertz CT molecular complexity index is 1170. The lowest BCUT2D eigenvalue weighted by Crippen LogP contribution is -2.00. The second kappa shape index (κ2) is 5.96. The standard InChI is InChI=1S/C19H14N4O3/c1-10-3-2-4-12(7-10)21-17-16-14(9-20-19(26)23-16)13-6-5-11(18(24)25)8-15(13)22-17/h2-9H,1H3,(H,21,22)(H,24,25)(H,20,23,26). The van der Waals surface area contributed by atoms with Crippen molar-refractivity contribution >= 4 is 39.3 Å². The molecule has 2 aromatic heterocycles. The molecule has 0 saturated carbocycles. The van der Waals surface area contributed by atoms with Crippen molar-refractivity contribution in [2.75, 3.05) is 5.32 Å². The van der Waals surface area contributed by atoms with Crippen molar-refractivity contribution < 1.29 is 15.0 Å². The number of aromatic hydroxyl groups is 1. The number of carboxylic acids is 1. The molecule has 2 heterocycles. The first-order chi connectivity index (χ1) is 12.5. The number of nitrogens with zero attached hydrogens (tertiary/aromatic N) is 3. The minimum Gasteiger partial charge on any atom is -0.479 e. The van der Waals surface area contributed by atoms with Crippen LogP contribution in [0.3, 0.4) is 0 Å². The number of rotatable bonds is 3. The quantitative estimate of drug-likeness (QED) is 0.486. The number of fused-ring (bicyclic) bond motifs is 3. The Morgan fingerprint density at radius 1 is 1.08 bits per heavy atom. The van der Waals surface area contributed by atoms with Crippen LogP contribution in [0.25, 0.3) is 21.8 Å². The van der Waals surface area contributed by atoms with Crippen molar-refractivity contribution in [1.82, 2.24) is 15.0 Å². The van der Waals surface area contributed by atoms with Crippen molar-refractivity contribution in [3.05, 3.63) is 59.8 Å². The Morgan fingerprint density at radius 2 is 1.92 bits per heavy atom. The third-order valence-electron chi connectivity index (χ3n) is 4.05. The van der Waals surface area contributed by atoms with Gasteiger partial charge in [0.05, 0.1) is 11.1 Å². The number of anilines is 2. The number of benzene rings is 2. The van der Waals surface area contributed by atoms with Crippen LogP contribution < -0.4 is 5.32 Å². The van der Waals surface area contributed by atoms with Gasteiger partial charge in [0.2, 0.25) is 0 Å². The van der Waals surface area contributed by atoms with Gasteiger partial charge in [-0.05, 0) is 36.8 Å². The van der Waals surface area contributed by atoms with Gasteiger partial charge in [0.25, 0.3) is 0 Å². The van der Waals surface area contributed by atoms with Gasteiger partial charge < -0.3 is 15.5 Å². The molecule has 3 N–H and O–H groups in total. The van der Waals surface area contributed by atoms with Crippen LogP contribution in [0.2, 0.25) is 0 Å². The monoisotopic (exact) mass is 346 g/mol. The van der Waals surface area contributed by atoms with Crippen LogP contribution in [0, 0.1) is 6.92 Å². The van der Waals surface area contributed by atoms with E-state index in [-0.39, 0.29) is 11.6 Å². The lowest BCUT2D eigenvalue weighted by molar-refractivity contribution is 0.0697. The summed E-state index contributed by atoms with van der Waals surface area (Å²) in [5, 5.41) is 23.5. The van der Waals surface area contributed by atoms with Crippen LogP contribution >= 0.6 is 0 Å². The maximum Gasteiger partial charge on any atom is 0.335 e. The Kier molecular flexibility index (Phi) is 3.62. The van der Waals surface area contributed by atoms with Gasteiger partial charge in [0.15, 0.2) is 5.82 Å². The number of aryl methyl sites for hydroxylation is 1. The topological polar surface area (TPSA) is 108 Å². The third kappa shape index (κ3) is 2.75. The molecule has 0 fully saturated rings. The van der Waals surface area contributed by atoms with Crippen LogP contribution in [0.1, 0.15) is 15.9 Å². The van der Waals surface area contributed by atoms with Crippen LogP contribution in [0.5, 0.6) is 6.01 Å². The van der Waals surface area contributed by atoms with E-state index in [2.05, 4.69) is 20.3 Å². The summed E-state index contributed by atoms with van der Waals surface area (Å²) in [7, 11) is 0. The van der Waals surface area contributed by atoms with Crippen molar-refractivity contribution in [1.29, 1.82) is 0 Å². The molecule has 128 valence electrons.